The van der Waals surface area contributed by atoms with Crippen LogP contribution >= 0.6 is 0 Å². The van der Waals surface area contributed by atoms with E-state index >= 15 is 0 Å². The number of unbranched alkanes of at least 4 members (excludes halogenated alkanes) is 1. The lowest BCUT2D eigenvalue weighted by Crippen LogP contribution is -2.32. The van der Waals surface area contributed by atoms with E-state index in [2.05, 4.69) is 0 Å². The molecule has 1 aromatic rings. The van der Waals surface area contributed by atoms with Crippen molar-refractivity contribution >= 4 is 18.0 Å². The third-order valence-corrected chi connectivity index (χ3v) is 2.62. The predicted molar refractivity (Wildman–Crippen MR) is 71.5 cm³/mol. The molecule has 5 nitrogen and oxygen atoms in total. The first-order chi connectivity index (χ1) is 9.13. The fourth-order valence-corrected chi connectivity index (χ4v) is 1.56. The molecule has 1 heterocycles. The summed E-state index contributed by atoms with van der Waals surface area (Å²) in [5.74, 6) is -0.488. The highest BCUT2D eigenvalue weighted by atomic mass is 16.4. The molecule has 0 radical (unpaired) electrons. The van der Waals surface area contributed by atoms with Crippen molar-refractivity contribution in [1.29, 1.82) is 0 Å². The van der Waals surface area contributed by atoms with Gasteiger partial charge in [-0.2, -0.15) is 0 Å². The predicted octanol–water partition coefficient (Wildman–Crippen LogP) is 2.40. The number of rotatable bonds is 8. The van der Waals surface area contributed by atoms with Gasteiger partial charge in [0.05, 0.1) is 12.7 Å². The van der Waals surface area contributed by atoms with Crippen LogP contribution in [0.1, 0.15) is 31.9 Å². The summed E-state index contributed by atoms with van der Waals surface area (Å²) in [5, 5.41) is 8.68. The van der Waals surface area contributed by atoms with Crippen molar-refractivity contribution in [3.05, 3.63) is 30.2 Å². The molecule has 0 bridgehead atoms. The molecule has 104 valence electrons. The van der Waals surface area contributed by atoms with E-state index in [-0.39, 0.29) is 18.9 Å². The summed E-state index contributed by atoms with van der Waals surface area (Å²) in [6, 6.07) is 3.49. The van der Waals surface area contributed by atoms with Crippen molar-refractivity contribution in [2.45, 2.75) is 26.2 Å². The molecule has 0 fully saturated rings. The van der Waals surface area contributed by atoms with Crippen molar-refractivity contribution in [2.24, 2.45) is 0 Å². The van der Waals surface area contributed by atoms with Crippen molar-refractivity contribution in [2.75, 3.05) is 13.1 Å². The standard InChI is InChI=1S/C14H19NO4/c1-2-3-9-15(10-8-14(17)18)13(16)7-6-12-5-4-11-19-12/h4-7,11H,2-3,8-10H2,1H3,(H,17,18)/b7-6+. The van der Waals surface area contributed by atoms with E-state index < -0.39 is 5.97 Å². The SMILES string of the molecule is CCCCN(CCC(=O)O)C(=O)/C=C/c1ccco1. The third-order valence-electron chi connectivity index (χ3n) is 2.62. The minimum atomic E-state index is -0.899. The lowest BCUT2D eigenvalue weighted by molar-refractivity contribution is -0.138. The van der Waals surface area contributed by atoms with Gasteiger partial charge in [0.15, 0.2) is 0 Å². The average Bonchev–Trinajstić information content (AvgIpc) is 2.89. The number of hydrogen-bond donors (Lipinski definition) is 1. The quantitative estimate of drug-likeness (QED) is 0.733. The first kappa shape index (κ1) is 15.0. The van der Waals surface area contributed by atoms with Crippen LogP contribution in [0.15, 0.2) is 28.9 Å². The zero-order valence-corrected chi connectivity index (χ0v) is 11.0. The van der Waals surface area contributed by atoms with Crippen LogP contribution in [0.3, 0.4) is 0 Å². The fraction of sp³-hybridized carbons (Fsp3) is 0.429. The largest absolute Gasteiger partial charge is 0.481 e. The molecule has 1 amide bonds. The van der Waals surface area contributed by atoms with Gasteiger partial charge in [0.1, 0.15) is 5.76 Å². The Balaban J connectivity index is 2.56. The molecule has 0 aromatic carbocycles. The highest BCUT2D eigenvalue weighted by Crippen LogP contribution is 2.05. The van der Waals surface area contributed by atoms with Gasteiger partial charge < -0.3 is 14.4 Å². The fourth-order valence-electron chi connectivity index (χ4n) is 1.56. The minimum absolute atomic E-state index is 0.0377. The van der Waals surface area contributed by atoms with Crippen LogP contribution in [-0.2, 0) is 9.59 Å². The van der Waals surface area contributed by atoms with E-state index in [4.69, 9.17) is 9.52 Å². The van der Waals surface area contributed by atoms with Gasteiger partial charge >= 0.3 is 5.97 Å². The lowest BCUT2D eigenvalue weighted by Gasteiger charge is -2.19. The number of carbonyl (C=O) groups excluding carboxylic acids is 1. The Labute approximate surface area is 112 Å². The maximum Gasteiger partial charge on any atom is 0.305 e. The minimum Gasteiger partial charge on any atom is -0.481 e. The van der Waals surface area contributed by atoms with Crippen molar-refractivity contribution < 1.29 is 19.1 Å². The maximum absolute atomic E-state index is 12.0. The monoisotopic (exact) mass is 265 g/mol. The molecule has 0 saturated carbocycles. The van der Waals surface area contributed by atoms with Crippen LogP contribution in [0.25, 0.3) is 6.08 Å². The van der Waals surface area contributed by atoms with Gasteiger partial charge in [-0.3, -0.25) is 9.59 Å². The molecule has 0 saturated heterocycles. The van der Waals surface area contributed by atoms with E-state index in [0.717, 1.165) is 12.8 Å². The van der Waals surface area contributed by atoms with E-state index in [0.29, 0.717) is 12.3 Å². The molecule has 0 unspecified atom stereocenters. The second-order valence-electron chi connectivity index (χ2n) is 4.17. The van der Waals surface area contributed by atoms with Gasteiger partial charge in [0.2, 0.25) is 5.91 Å². The molecule has 5 heteroatoms. The van der Waals surface area contributed by atoms with Crippen LogP contribution in [0.5, 0.6) is 0 Å². The molecule has 1 aromatic heterocycles. The molecule has 1 rings (SSSR count). The van der Waals surface area contributed by atoms with Crippen molar-refractivity contribution in [3.8, 4) is 0 Å². The smallest absolute Gasteiger partial charge is 0.305 e. The van der Waals surface area contributed by atoms with Crippen molar-refractivity contribution in [3.63, 3.8) is 0 Å². The number of carbonyl (C=O) groups is 2. The summed E-state index contributed by atoms with van der Waals surface area (Å²) in [6.45, 7) is 2.83. The number of carboxylic acid groups (broad SMARTS) is 1. The normalized spacial score (nSPS) is 10.8. The number of amides is 1. The number of hydrogen-bond acceptors (Lipinski definition) is 3. The summed E-state index contributed by atoms with van der Waals surface area (Å²) in [7, 11) is 0. The van der Waals surface area contributed by atoms with Gasteiger partial charge in [0.25, 0.3) is 0 Å². The van der Waals surface area contributed by atoms with Gasteiger partial charge in [0, 0.05) is 19.2 Å². The van der Waals surface area contributed by atoms with Crippen LogP contribution in [0.4, 0.5) is 0 Å². The summed E-state index contributed by atoms with van der Waals surface area (Å²) >= 11 is 0. The molecule has 0 aliphatic carbocycles. The highest BCUT2D eigenvalue weighted by Gasteiger charge is 2.11. The van der Waals surface area contributed by atoms with Crippen LogP contribution in [0, 0.1) is 0 Å². The molecular weight excluding hydrogens is 246 g/mol. The number of furan rings is 1. The zero-order valence-electron chi connectivity index (χ0n) is 11.0. The van der Waals surface area contributed by atoms with Crippen LogP contribution < -0.4 is 0 Å². The molecule has 19 heavy (non-hydrogen) atoms. The van der Waals surface area contributed by atoms with E-state index in [1.807, 2.05) is 6.92 Å². The zero-order chi connectivity index (χ0) is 14.1. The van der Waals surface area contributed by atoms with E-state index in [9.17, 15) is 9.59 Å². The summed E-state index contributed by atoms with van der Waals surface area (Å²) in [5.41, 5.74) is 0. The molecule has 0 aliphatic heterocycles. The summed E-state index contributed by atoms with van der Waals surface area (Å²) in [6.07, 6.45) is 6.31. The molecule has 0 spiro atoms. The number of aliphatic carboxylic acids is 1. The number of nitrogens with zero attached hydrogens (tertiary/aromatic N) is 1. The Hall–Kier alpha value is -2.04. The summed E-state index contributed by atoms with van der Waals surface area (Å²) < 4.78 is 5.09. The Morgan fingerprint density at radius 1 is 1.42 bits per heavy atom. The summed E-state index contributed by atoms with van der Waals surface area (Å²) in [4.78, 5) is 24.1. The highest BCUT2D eigenvalue weighted by molar-refractivity contribution is 5.91. The van der Waals surface area contributed by atoms with Crippen LogP contribution in [0.2, 0.25) is 0 Å². The molecule has 0 aliphatic rings. The van der Waals surface area contributed by atoms with Crippen LogP contribution in [-0.4, -0.2) is 35.0 Å². The van der Waals surface area contributed by atoms with E-state index in [1.165, 1.54) is 12.3 Å². The maximum atomic E-state index is 12.0. The Morgan fingerprint density at radius 2 is 2.21 bits per heavy atom. The Morgan fingerprint density at radius 3 is 2.79 bits per heavy atom. The van der Waals surface area contributed by atoms with E-state index in [1.54, 1.807) is 23.1 Å². The Bertz CT molecular complexity index is 423. The second-order valence-corrected chi connectivity index (χ2v) is 4.17. The van der Waals surface area contributed by atoms with Gasteiger partial charge in [-0.15, -0.1) is 0 Å². The third kappa shape index (κ3) is 5.90. The second kappa shape index (κ2) is 8.13. The van der Waals surface area contributed by atoms with Crippen molar-refractivity contribution in [1.82, 2.24) is 4.90 Å². The first-order valence-electron chi connectivity index (χ1n) is 6.35. The molecular formula is C14H19NO4. The van der Waals surface area contributed by atoms with Gasteiger partial charge in [-0.1, -0.05) is 13.3 Å². The van der Waals surface area contributed by atoms with Gasteiger partial charge in [-0.05, 0) is 24.6 Å². The van der Waals surface area contributed by atoms with Gasteiger partial charge in [-0.25, -0.2) is 0 Å². The number of carboxylic acids is 1. The molecule has 1 N–H and O–H groups in total. The molecule has 0 atom stereocenters. The topological polar surface area (TPSA) is 70.8 Å². The average molecular weight is 265 g/mol. The lowest BCUT2D eigenvalue weighted by atomic mass is 10.2. The Kier molecular flexibility index (Phi) is 6.43. The first-order valence-corrected chi connectivity index (χ1v) is 6.35.